The second-order valence-corrected chi connectivity index (χ2v) is 7.45. The molecule has 2 aliphatic heterocycles. The van der Waals surface area contributed by atoms with E-state index >= 15 is 0 Å². The molecule has 9 heteroatoms. The van der Waals surface area contributed by atoms with E-state index in [1.807, 2.05) is 29.2 Å². The zero-order valence-electron chi connectivity index (χ0n) is 16.1. The number of carbonyl (C=O) groups is 1. The van der Waals surface area contributed by atoms with Crippen molar-refractivity contribution < 1.29 is 9.53 Å². The van der Waals surface area contributed by atoms with Crippen LogP contribution in [0.25, 0.3) is 17.0 Å². The number of rotatable bonds is 3. The first-order valence-electron chi connectivity index (χ1n) is 10.0. The molecule has 0 aliphatic carbocycles. The minimum atomic E-state index is 0.0240. The van der Waals surface area contributed by atoms with Gasteiger partial charge in [0.05, 0.1) is 12.5 Å². The summed E-state index contributed by atoms with van der Waals surface area (Å²) in [5.41, 5.74) is 1.62. The van der Waals surface area contributed by atoms with Crippen LogP contribution in [0.3, 0.4) is 0 Å². The summed E-state index contributed by atoms with van der Waals surface area (Å²) in [6.45, 7) is 4.35. The highest BCUT2D eigenvalue weighted by Crippen LogP contribution is 2.21. The molecule has 5 rings (SSSR count). The van der Waals surface area contributed by atoms with Gasteiger partial charge in [-0.2, -0.15) is 4.52 Å². The molecule has 2 fully saturated rings. The highest BCUT2D eigenvalue weighted by molar-refractivity contribution is 5.79. The lowest BCUT2D eigenvalue weighted by atomic mass is 10.1. The molecule has 0 saturated carbocycles. The van der Waals surface area contributed by atoms with E-state index < -0.39 is 0 Å². The van der Waals surface area contributed by atoms with Crippen LogP contribution in [0.15, 0.2) is 36.7 Å². The average molecular weight is 393 g/mol. The Morgan fingerprint density at radius 1 is 1.03 bits per heavy atom. The van der Waals surface area contributed by atoms with Crippen LogP contribution < -0.4 is 4.90 Å². The van der Waals surface area contributed by atoms with Crippen LogP contribution in [0.2, 0.25) is 0 Å². The third-order valence-corrected chi connectivity index (χ3v) is 5.60. The first kappa shape index (κ1) is 18.0. The molecule has 1 atom stereocenters. The number of ether oxygens (including phenoxy) is 1. The van der Waals surface area contributed by atoms with Gasteiger partial charge in [0, 0.05) is 50.7 Å². The first-order chi connectivity index (χ1) is 14.3. The molecule has 0 spiro atoms. The molecule has 2 aliphatic rings. The van der Waals surface area contributed by atoms with Gasteiger partial charge in [0.2, 0.25) is 5.91 Å². The summed E-state index contributed by atoms with van der Waals surface area (Å²) < 4.78 is 7.16. The van der Waals surface area contributed by atoms with Crippen molar-refractivity contribution in [2.75, 3.05) is 44.3 Å². The molecule has 5 heterocycles. The largest absolute Gasteiger partial charge is 0.381 e. The van der Waals surface area contributed by atoms with Crippen molar-refractivity contribution in [3.63, 3.8) is 0 Å². The maximum atomic E-state index is 12.7. The van der Waals surface area contributed by atoms with E-state index in [-0.39, 0.29) is 11.8 Å². The monoisotopic (exact) mass is 393 g/mol. The number of pyridine rings is 1. The van der Waals surface area contributed by atoms with Crippen LogP contribution in [0.1, 0.15) is 12.8 Å². The number of carbonyl (C=O) groups excluding carboxylic acids is 1. The van der Waals surface area contributed by atoms with Crippen molar-refractivity contribution in [1.29, 1.82) is 0 Å². The van der Waals surface area contributed by atoms with Crippen LogP contribution >= 0.6 is 0 Å². The SMILES string of the molecule is O=C(C1CCOC1)N1CCCN(c2ccc3nnc(-c4ccncc4)n3n2)CC1. The van der Waals surface area contributed by atoms with Gasteiger partial charge in [0.25, 0.3) is 0 Å². The number of aromatic nitrogens is 5. The average Bonchev–Trinajstić information content (AvgIpc) is 3.38. The third-order valence-electron chi connectivity index (χ3n) is 5.60. The first-order valence-corrected chi connectivity index (χ1v) is 10.0. The molecule has 0 N–H and O–H groups in total. The normalized spacial score (nSPS) is 20.2. The Kier molecular flexibility index (Phi) is 4.81. The van der Waals surface area contributed by atoms with E-state index in [4.69, 9.17) is 9.84 Å². The highest BCUT2D eigenvalue weighted by atomic mass is 16.5. The predicted molar refractivity (Wildman–Crippen MR) is 106 cm³/mol. The van der Waals surface area contributed by atoms with Crippen LogP contribution in [0, 0.1) is 5.92 Å². The molecule has 150 valence electrons. The summed E-state index contributed by atoms with van der Waals surface area (Å²) in [7, 11) is 0. The van der Waals surface area contributed by atoms with Gasteiger partial charge in [-0.1, -0.05) is 0 Å². The number of amides is 1. The number of hydrogen-bond donors (Lipinski definition) is 0. The topological polar surface area (TPSA) is 88.8 Å². The highest BCUT2D eigenvalue weighted by Gasteiger charge is 2.29. The van der Waals surface area contributed by atoms with E-state index in [1.54, 1.807) is 16.9 Å². The molecule has 1 unspecified atom stereocenters. The molecule has 3 aromatic heterocycles. The maximum absolute atomic E-state index is 12.7. The fraction of sp³-hybridized carbons (Fsp3) is 0.450. The van der Waals surface area contributed by atoms with Crippen molar-refractivity contribution in [3.05, 3.63) is 36.7 Å². The fourth-order valence-corrected chi connectivity index (χ4v) is 3.98. The van der Waals surface area contributed by atoms with Gasteiger partial charge in [0.1, 0.15) is 5.82 Å². The van der Waals surface area contributed by atoms with E-state index in [0.717, 1.165) is 43.9 Å². The Bertz CT molecular complexity index is 1000. The van der Waals surface area contributed by atoms with E-state index in [1.165, 1.54) is 0 Å². The molecule has 2 saturated heterocycles. The molecule has 0 radical (unpaired) electrons. The Hall–Kier alpha value is -3.07. The Morgan fingerprint density at radius 2 is 1.93 bits per heavy atom. The van der Waals surface area contributed by atoms with E-state index in [2.05, 4.69) is 20.1 Å². The fourth-order valence-electron chi connectivity index (χ4n) is 3.98. The summed E-state index contributed by atoms with van der Waals surface area (Å²) in [5, 5.41) is 13.3. The molecular formula is C20H23N7O2. The molecule has 0 bridgehead atoms. The molecular weight excluding hydrogens is 370 g/mol. The lowest BCUT2D eigenvalue weighted by molar-refractivity contribution is -0.135. The van der Waals surface area contributed by atoms with Crippen molar-refractivity contribution in [2.45, 2.75) is 12.8 Å². The molecule has 3 aromatic rings. The van der Waals surface area contributed by atoms with Crippen LogP contribution in [-0.4, -0.2) is 75.0 Å². The van der Waals surface area contributed by atoms with E-state index in [9.17, 15) is 4.79 Å². The van der Waals surface area contributed by atoms with Crippen molar-refractivity contribution in [3.8, 4) is 11.4 Å². The summed E-state index contributed by atoms with van der Waals surface area (Å²) in [6.07, 6.45) is 5.22. The second kappa shape index (κ2) is 7.75. The minimum absolute atomic E-state index is 0.0240. The predicted octanol–water partition coefficient (Wildman–Crippen LogP) is 1.26. The van der Waals surface area contributed by atoms with Gasteiger partial charge < -0.3 is 14.5 Å². The zero-order chi connectivity index (χ0) is 19.6. The quantitative estimate of drug-likeness (QED) is 0.662. The Morgan fingerprint density at radius 3 is 2.76 bits per heavy atom. The maximum Gasteiger partial charge on any atom is 0.228 e. The minimum Gasteiger partial charge on any atom is -0.381 e. The molecule has 29 heavy (non-hydrogen) atoms. The molecule has 0 aromatic carbocycles. The number of anilines is 1. The van der Waals surface area contributed by atoms with Crippen molar-refractivity contribution >= 4 is 17.4 Å². The summed E-state index contributed by atoms with van der Waals surface area (Å²) in [6, 6.07) is 7.70. The zero-order valence-corrected chi connectivity index (χ0v) is 16.1. The van der Waals surface area contributed by atoms with Gasteiger partial charge in [-0.3, -0.25) is 9.78 Å². The molecule has 9 nitrogen and oxygen atoms in total. The molecule has 1 amide bonds. The van der Waals surface area contributed by atoms with Gasteiger partial charge in [-0.05, 0) is 37.1 Å². The van der Waals surface area contributed by atoms with Crippen molar-refractivity contribution in [2.24, 2.45) is 5.92 Å². The summed E-state index contributed by atoms with van der Waals surface area (Å²) in [5.74, 6) is 1.81. The van der Waals surface area contributed by atoms with Crippen LogP contribution in [0.5, 0.6) is 0 Å². The third kappa shape index (κ3) is 3.53. The smallest absolute Gasteiger partial charge is 0.228 e. The summed E-state index contributed by atoms with van der Waals surface area (Å²) >= 11 is 0. The van der Waals surface area contributed by atoms with Crippen LogP contribution in [-0.2, 0) is 9.53 Å². The van der Waals surface area contributed by atoms with Crippen LogP contribution in [0.4, 0.5) is 5.82 Å². The lowest BCUT2D eigenvalue weighted by Crippen LogP contribution is -2.39. The van der Waals surface area contributed by atoms with Gasteiger partial charge in [-0.25, -0.2) is 0 Å². The second-order valence-electron chi connectivity index (χ2n) is 7.45. The standard InChI is InChI=1S/C20H23N7O2/c28-20(16-6-13-29-14-16)26-10-1-9-25(11-12-26)18-3-2-17-22-23-19(27(17)24-18)15-4-7-21-8-5-15/h2-5,7-8,16H,1,6,9-14H2. The van der Waals surface area contributed by atoms with Gasteiger partial charge >= 0.3 is 0 Å². The number of hydrogen-bond acceptors (Lipinski definition) is 7. The lowest BCUT2D eigenvalue weighted by Gasteiger charge is -2.24. The Labute approximate surface area is 168 Å². The Balaban J connectivity index is 1.36. The van der Waals surface area contributed by atoms with Crippen molar-refractivity contribution in [1.82, 2.24) is 29.7 Å². The number of fused-ring (bicyclic) bond motifs is 1. The van der Waals surface area contributed by atoms with Gasteiger partial charge in [-0.15, -0.1) is 15.3 Å². The number of nitrogens with zero attached hydrogens (tertiary/aromatic N) is 7. The van der Waals surface area contributed by atoms with E-state index in [0.29, 0.717) is 31.2 Å². The summed E-state index contributed by atoms with van der Waals surface area (Å²) in [4.78, 5) is 21.0. The van der Waals surface area contributed by atoms with Gasteiger partial charge in [0.15, 0.2) is 11.5 Å².